The smallest absolute Gasteiger partial charge is 0.0467 e. The maximum absolute atomic E-state index is 2.38. The van der Waals surface area contributed by atoms with Crippen LogP contribution < -0.4 is 4.90 Å². The molecule has 12 rings (SSSR count). The number of hydrogen-bond donors (Lipinski definition) is 0. The zero-order valence-electron chi connectivity index (χ0n) is 35.8. The third kappa shape index (κ3) is 7.30. The molecule has 1 heteroatoms. The molecule has 0 aliphatic carbocycles. The monoisotopic (exact) mass is 825 g/mol. The van der Waals surface area contributed by atoms with Crippen molar-refractivity contribution in [2.75, 3.05) is 4.90 Å². The van der Waals surface area contributed by atoms with Crippen molar-refractivity contribution in [1.29, 1.82) is 0 Å². The molecule has 0 heterocycles. The van der Waals surface area contributed by atoms with Gasteiger partial charge in [0.15, 0.2) is 0 Å². The molecular formula is C64H43N. The lowest BCUT2D eigenvalue weighted by Gasteiger charge is -2.26. The highest BCUT2D eigenvalue weighted by molar-refractivity contribution is 6.12. The summed E-state index contributed by atoms with van der Waals surface area (Å²) in [5.74, 6) is 0. The molecule has 0 fully saturated rings. The normalized spacial score (nSPS) is 11.4. The van der Waals surface area contributed by atoms with Gasteiger partial charge in [0, 0.05) is 17.1 Å². The average molecular weight is 826 g/mol. The van der Waals surface area contributed by atoms with Gasteiger partial charge in [0.1, 0.15) is 0 Å². The van der Waals surface area contributed by atoms with E-state index in [1.165, 1.54) is 98.7 Å². The summed E-state index contributed by atoms with van der Waals surface area (Å²) in [6, 6.07) is 95.2. The van der Waals surface area contributed by atoms with Crippen LogP contribution in [0.1, 0.15) is 0 Å². The van der Waals surface area contributed by atoms with E-state index >= 15 is 0 Å². The van der Waals surface area contributed by atoms with E-state index in [4.69, 9.17) is 0 Å². The van der Waals surface area contributed by atoms with Gasteiger partial charge in [0.25, 0.3) is 0 Å². The number of benzene rings is 12. The summed E-state index contributed by atoms with van der Waals surface area (Å²) in [5, 5.41) is 10.1. The predicted octanol–water partition coefficient (Wildman–Crippen LogP) is 18.1. The molecule has 12 aromatic rings. The van der Waals surface area contributed by atoms with Gasteiger partial charge in [-0.25, -0.2) is 0 Å². The van der Waals surface area contributed by atoms with Crippen LogP contribution in [0.4, 0.5) is 17.1 Å². The van der Waals surface area contributed by atoms with Crippen LogP contribution in [-0.2, 0) is 0 Å². The van der Waals surface area contributed by atoms with Crippen molar-refractivity contribution in [3.63, 3.8) is 0 Å². The summed E-state index contributed by atoms with van der Waals surface area (Å²) in [6.07, 6.45) is 0. The lowest BCUT2D eigenvalue weighted by atomic mass is 9.94. The number of nitrogens with zero attached hydrogens (tertiary/aromatic N) is 1. The summed E-state index contributed by atoms with van der Waals surface area (Å²) in [4.78, 5) is 2.38. The Morgan fingerprint density at radius 3 is 1.12 bits per heavy atom. The van der Waals surface area contributed by atoms with Gasteiger partial charge in [-0.3, -0.25) is 0 Å². The Kier molecular flexibility index (Phi) is 9.58. The molecule has 0 amide bonds. The van der Waals surface area contributed by atoms with Gasteiger partial charge in [0.2, 0.25) is 0 Å². The van der Waals surface area contributed by atoms with E-state index < -0.39 is 0 Å². The first-order chi connectivity index (χ1) is 32.2. The van der Waals surface area contributed by atoms with Crippen molar-refractivity contribution in [2.45, 2.75) is 0 Å². The maximum atomic E-state index is 2.38. The van der Waals surface area contributed by atoms with Crippen LogP contribution in [-0.4, -0.2) is 0 Å². The van der Waals surface area contributed by atoms with E-state index in [0.29, 0.717) is 0 Å². The van der Waals surface area contributed by atoms with Gasteiger partial charge in [0.05, 0.1) is 0 Å². The molecule has 0 spiro atoms. The fraction of sp³-hybridized carbons (Fsp3) is 0. The van der Waals surface area contributed by atoms with Crippen LogP contribution in [0.25, 0.3) is 98.7 Å². The Hall–Kier alpha value is -8.52. The van der Waals surface area contributed by atoms with Gasteiger partial charge in [-0.15, -0.1) is 0 Å². The van der Waals surface area contributed by atoms with E-state index in [0.717, 1.165) is 17.1 Å². The third-order valence-electron chi connectivity index (χ3n) is 13.1. The topological polar surface area (TPSA) is 3.24 Å². The molecule has 0 saturated heterocycles. The summed E-state index contributed by atoms with van der Waals surface area (Å²) in [7, 11) is 0. The summed E-state index contributed by atoms with van der Waals surface area (Å²) in [5.41, 5.74) is 15.3. The molecule has 0 N–H and O–H groups in total. The average Bonchev–Trinajstić information content (AvgIpc) is 3.39. The molecule has 12 aromatic carbocycles. The highest BCUT2D eigenvalue weighted by atomic mass is 15.1. The van der Waals surface area contributed by atoms with Gasteiger partial charge in [-0.05, 0) is 147 Å². The Labute approximate surface area is 379 Å². The third-order valence-corrected chi connectivity index (χ3v) is 13.1. The zero-order chi connectivity index (χ0) is 43.1. The van der Waals surface area contributed by atoms with Crippen LogP contribution in [0, 0.1) is 0 Å². The molecule has 0 unspecified atom stereocenters. The minimum atomic E-state index is 1.09. The van der Waals surface area contributed by atoms with Crippen molar-refractivity contribution in [2.24, 2.45) is 0 Å². The lowest BCUT2D eigenvalue weighted by Crippen LogP contribution is -2.10. The Morgan fingerprint density at radius 1 is 0.185 bits per heavy atom. The SMILES string of the molecule is c1cc(-c2cccc3c2ccc2ccccc23)cc(N(c2ccc(-c3ccc(-c4ccc5ccccc5c4)cc3)cc2)c2ccc(-c3ccc(-c4ccc5ccccc5c4)cc3)cc2)c1. The van der Waals surface area contributed by atoms with Crippen molar-refractivity contribution in [1.82, 2.24) is 0 Å². The van der Waals surface area contributed by atoms with Crippen molar-refractivity contribution in [3.05, 3.63) is 261 Å². The van der Waals surface area contributed by atoms with Crippen LogP contribution in [0.2, 0.25) is 0 Å². The summed E-state index contributed by atoms with van der Waals surface area (Å²) >= 11 is 0. The standard InChI is InChI=1S/C64H43N/c1-3-12-53-41-55(29-27-44(53)9-1)50-23-19-46(20-24-50)48-31-36-58(37-32-48)65(60-15-7-14-57(43-60)62-17-8-18-63-61-16-6-5-11-52(61)35-40-64(62)63)59-38-33-49(34-39-59)47-21-25-51(26-22-47)56-30-28-45-10-2-4-13-54(45)42-56/h1-43H. The Balaban J connectivity index is 0.890. The summed E-state index contributed by atoms with van der Waals surface area (Å²) < 4.78 is 0. The molecule has 0 saturated carbocycles. The van der Waals surface area contributed by atoms with Crippen LogP contribution in [0.3, 0.4) is 0 Å². The lowest BCUT2D eigenvalue weighted by molar-refractivity contribution is 1.28. The first kappa shape index (κ1) is 38.2. The minimum Gasteiger partial charge on any atom is -0.310 e. The molecule has 1 nitrogen and oxygen atoms in total. The molecule has 0 aliphatic rings. The molecule has 304 valence electrons. The highest BCUT2D eigenvalue weighted by Gasteiger charge is 2.16. The number of fused-ring (bicyclic) bond motifs is 5. The second-order valence-corrected chi connectivity index (χ2v) is 16.9. The quantitative estimate of drug-likeness (QED) is 0.138. The van der Waals surface area contributed by atoms with E-state index in [1.54, 1.807) is 0 Å². The fourth-order valence-electron chi connectivity index (χ4n) is 9.61. The van der Waals surface area contributed by atoms with Gasteiger partial charge < -0.3 is 4.90 Å². The minimum absolute atomic E-state index is 1.09. The molecule has 0 atom stereocenters. The molecule has 65 heavy (non-hydrogen) atoms. The number of rotatable bonds is 8. The van der Waals surface area contributed by atoms with E-state index in [-0.39, 0.29) is 0 Å². The second-order valence-electron chi connectivity index (χ2n) is 16.9. The van der Waals surface area contributed by atoms with Gasteiger partial charge in [-0.1, -0.05) is 212 Å². The van der Waals surface area contributed by atoms with Crippen molar-refractivity contribution < 1.29 is 0 Å². The predicted molar refractivity (Wildman–Crippen MR) is 278 cm³/mol. The Morgan fingerprint density at radius 2 is 0.585 bits per heavy atom. The van der Waals surface area contributed by atoms with Crippen LogP contribution >= 0.6 is 0 Å². The highest BCUT2D eigenvalue weighted by Crippen LogP contribution is 2.41. The molecule has 0 aliphatic heterocycles. The fourth-order valence-corrected chi connectivity index (χ4v) is 9.61. The molecule has 0 bridgehead atoms. The van der Waals surface area contributed by atoms with Crippen molar-refractivity contribution >= 4 is 60.2 Å². The van der Waals surface area contributed by atoms with Gasteiger partial charge in [-0.2, -0.15) is 0 Å². The largest absolute Gasteiger partial charge is 0.310 e. The van der Waals surface area contributed by atoms with Crippen molar-refractivity contribution in [3.8, 4) is 55.6 Å². The first-order valence-corrected chi connectivity index (χ1v) is 22.4. The number of hydrogen-bond acceptors (Lipinski definition) is 1. The molecule has 0 aromatic heterocycles. The maximum Gasteiger partial charge on any atom is 0.0467 e. The first-order valence-electron chi connectivity index (χ1n) is 22.4. The van der Waals surface area contributed by atoms with E-state index in [2.05, 4.69) is 266 Å². The van der Waals surface area contributed by atoms with E-state index in [9.17, 15) is 0 Å². The molecular weight excluding hydrogens is 783 g/mol. The van der Waals surface area contributed by atoms with E-state index in [1.807, 2.05) is 0 Å². The number of anilines is 3. The molecule has 0 radical (unpaired) electrons. The summed E-state index contributed by atoms with van der Waals surface area (Å²) in [6.45, 7) is 0. The second kappa shape index (κ2) is 16.3. The van der Waals surface area contributed by atoms with Crippen LogP contribution in [0.15, 0.2) is 261 Å². The Bertz CT molecular complexity index is 3510. The van der Waals surface area contributed by atoms with Crippen LogP contribution in [0.5, 0.6) is 0 Å². The van der Waals surface area contributed by atoms with Gasteiger partial charge >= 0.3 is 0 Å². The zero-order valence-corrected chi connectivity index (χ0v) is 35.8.